The van der Waals surface area contributed by atoms with Gasteiger partial charge in [0, 0.05) is 12.6 Å². The number of aromatic carboxylic acids is 1. The van der Waals surface area contributed by atoms with E-state index in [4.69, 9.17) is 5.11 Å². The summed E-state index contributed by atoms with van der Waals surface area (Å²) in [6.07, 6.45) is 1.01. The molecule has 0 aliphatic rings. The number of rotatable bonds is 5. The number of carboxylic acids is 1. The van der Waals surface area contributed by atoms with Crippen LogP contribution < -0.4 is 4.90 Å². The predicted molar refractivity (Wildman–Crippen MR) is 64.0 cm³/mol. The Balaban J connectivity index is 3.01. The predicted octanol–water partition coefficient (Wildman–Crippen LogP) is 2.40. The molecule has 1 rings (SSSR count). The molecule has 1 aromatic rings. The van der Waals surface area contributed by atoms with E-state index < -0.39 is 5.97 Å². The number of aromatic nitrogens is 1. The number of carboxylic acid groups (broad SMARTS) is 1. The second-order valence-electron chi connectivity index (χ2n) is 3.73. The largest absolute Gasteiger partial charge is 0.477 e. The number of pyridine rings is 1. The van der Waals surface area contributed by atoms with E-state index in [0.717, 1.165) is 18.8 Å². The molecule has 0 aliphatic heterocycles. The molecule has 0 spiro atoms. The van der Waals surface area contributed by atoms with E-state index in [9.17, 15) is 4.79 Å². The molecular formula is C12H18N2O2. The Morgan fingerprint density at radius 3 is 2.69 bits per heavy atom. The summed E-state index contributed by atoms with van der Waals surface area (Å²) in [6, 6.07) is 5.46. The molecule has 1 aromatic heterocycles. The second kappa shape index (κ2) is 5.49. The first-order valence-electron chi connectivity index (χ1n) is 5.57. The van der Waals surface area contributed by atoms with Crippen molar-refractivity contribution in [3.05, 3.63) is 23.9 Å². The van der Waals surface area contributed by atoms with Crippen molar-refractivity contribution in [2.75, 3.05) is 11.4 Å². The fourth-order valence-electron chi connectivity index (χ4n) is 1.62. The fourth-order valence-corrected chi connectivity index (χ4v) is 1.62. The zero-order chi connectivity index (χ0) is 12.1. The van der Waals surface area contributed by atoms with Gasteiger partial charge in [0.05, 0.1) is 0 Å². The maximum absolute atomic E-state index is 10.8. The topological polar surface area (TPSA) is 53.4 Å². The summed E-state index contributed by atoms with van der Waals surface area (Å²) in [4.78, 5) is 17.1. The second-order valence-corrected chi connectivity index (χ2v) is 3.73. The first-order valence-corrected chi connectivity index (χ1v) is 5.57. The van der Waals surface area contributed by atoms with Gasteiger partial charge in [0.25, 0.3) is 0 Å². The third-order valence-electron chi connectivity index (χ3n) is 2.71. The smallest absolute Gasteiger partial charge is 0.354 e. The number of nitrogens with zero attached hydrogens (tertiary/aromatic N) is 2. The molecule has 1 N–H and O–H groups in total. The molecule has 0 aliphatic carbocycles. The van der Waals surface area contributed by atoms with Crippen LogP contribution >= 0.6 is 0 Å². The van der Waals surface area contributed by atoms with Crippen LogP contribution in [0.25, 0.3) is 0 Å². The summed E-state index contributed by atoms with van der Waals surface area (Å²) in [5, 5.41) is 8.88. The first-order chi connectivity index (χ1) is 7.60. The van der Waals surface area contributed by atoms with E-state index in [2.05, 4.69) is 23.7 Å². The zero-order valence-corrected chi connectivity index (χ0v) is 9.97. The minimum Gasteiger partial charge on any atom is -0.477 e. The molecule has 0 saturated carbocycles. The van der Waals surface area contributed by atoms with Crippen LogP contribution in [0.4, 0.5) is 5.82 Å². The molecule has 88 valence electrons. The van der Waals surface area contributed by atoms with Gasteiger partial charge in [-0.3, -0.25) is 0 Å². The fraction of sp³-hybridized carbons (Fsp3) is 0.500. The summed E-state index contributed by atoms with van der Waals surface area (Å²) in [7, 11) is 0. The van der Waals surface area contributed by atoms with Gasteiger partial charge >= 0.3 is 5.97 Å². The van der Waals surface area contributed by atoms with Crippen molar-refractivity contribution >= 4 is 11.8 Å². The van der Waals surface area contributed by atoms with Gasteiger partial charge in [-0.25, -0.2) is 9.78 Å². The van der Waals surface area contributed by atoms with Gasteiger partial charge in [0.1, 0.15) is 5.82 Å². The minimum atomic E-state index is -0.984. The molecule has 0 saturated heterocycles. The Labute approximate surface area is 95.9 Å². The molecule has 0 aromatic carbocycles. The third kappa shape index (κ3) is 2.72. The van der Waals surface area contributed by atoms with E-state index in [0.29, 0.717) is 6.04 Å². The van der Waals surface area contributed by atoms with Crippen LogP contribution in [-0.2, 0) is 0 Å². The van der Waals surface area contributed by atoms with E-state index in [1.165, 1.54) is 6.07 Å². The van der Waals surface area contributed by atoms with Crippen molar-refractivity contribution in [1.29, 1.82) is 0 Å². The van der Waals surface area contributed by atoms with Crippen molar-refractivity contribution in [3.63, 3.8) is 0 Å². The maximum Gasteiger partial charge on any atom is 0.354 e. The monoisotopic (exact) mass is 222 g/mol. The summed E-state index contributed by atoms with van der Waals surface area (Å²) in [6.45, 7) is 7.08. The normalized spacial score (nSPS) is 12.2. The molecule has 1 atom stereocenters. The van der Waals surface area contributed by atoms with E-state index >= 15 is 0 Å². The Kier molecular flexibility index (Phi) is 4.28. The molecular weight excluding hydrogens is 204 g/mol. The van der Waals surface area contributed by atoms with Gasteiger partial charge < -0.3 is 10.0 Å². The number of carbonyl (C=O) groups is 1. The lowest BCUT2D eigenvalue weighted by molar-refractivity contribution is 0.0690. The van der Waals surface area contributed by atoms with Crippen molar-refractivity contribution in [2.45, 2.75) is 33.2 Å². The van der Waals surface area contributed by atoms with Crippen LogP contribution in [0.3, 0.4) is 0 Å². The van der Waals surface area contributed by atoms with Crippen molar-refractivity contribution < 1.29 is 9.90 Å². The SMILES string of the molecule is CCC(C)N(CC)c1cccc(C(=O)O)n1. The van der Waals surface area contributed by atoms with Crippen LogP contribution in [0.5, 0.6) is 0 Å². The molecule has 1 unspecified atom stereocenters. The highest BCUT2D eigenvalue weighted by Crippen LogP contribution is 2.16. The van der Waals surface area contributed by atoms with Gasteiger partial charge in [-0.15, -0.1) is 0 Å². The van der Waals surface area contributed by atoms with Gasteiger partial charge in [0.2, 0.25) is 0 Å². The summed E-state index contributed by atoms with van der Waals surface area (Å²) < 4.78 is 0. The molecule has 0 bridgehead atoms. The average molecular weight is 222 g/mol. The molecule has 4 nitrogen and oxygen atoms in total. The van der Waals surface area contributed by atoms with Crippen molar-refractivity contribution in [2.24, 2.45) is 0 Å². The average Bonchev–Trinajstić information content (AvgIpc) is 2.30. The van der Waals surface area contributed by atoms with Gasteiger partial charge in [-0.2, -0.15) is 0 Å². The van der Waals surface area contributed by atoms with Crippen molar-refractivity contribution in [3.8, 4) is 0 Å². The van der Waals surface area contributed by atoms with E-state index in [-0.39, 0.29) is 5.69 Å². The third-order valence-corrected chi connectivity index (χ3v) is 2.71. The highest BCUT2D eigenvalue weighted by atomic mass is 16.4. The summed E-state index contributed by atoms with van der Waals surface area (Å²) >= 11 is 0. The van der Waals surface area contributed by atoms with E-state index in [1.807, 2.05) is 13.0 Å². The molecule has 0 amide bonds. The molecule has 4 heteroatoms. The standard InChI is InChI=1S/C12H18N2O2/c1-4-9(3)14(5-2)11-8-6-7-10(13-11)12(15)16/h6-9H,4-5H2,1-3H3,(H,15,16). The van der Waals surface area contributed by atoms with Gasteiger partial charge in [-0.1, -0.05) is 13.0 Å². The first kappa shape index (κ1) is 12.5. The van der Waals surface area contributed by atoms with Crippen LogP contribution in [0, 0.1) is 0 Å². The number of hydrogen-bond donors (Lipinski definition) is 1. The zero-order valence-electron chi connectivity index (χ0n) is 9.97. The Morgan fingerprint density at radius 2 is 2.19 bits per heavy atom. The number of anilines is 1. The molecule has 0 fully saturated rings. The van der Waals surface area contributed by atoms with Crippen LogP contribution in [0.15, 0.2) is 18.2 Å². The Morgan fingerprint density at radius 1 is 1.50 bits per heavy atom. The van der Waals surface area contributed by atoms with Crippen LogP contribution in [0.2, 0.25) is 0 Å². The summed E-state index contributed by atoms with van der Waals surface area (Å²) in [5.74, 6) is -0.251. The van der Waals surface area contributed by atoms with Gasteiger partial charge in [0.15, 0.2) is 5.69 Å². The van der Waals surface area contributed by atoms with E-state index in [1.54, 1.807) is 6.07 Å². The van der Waals surface area contributed by atoms with Crippen molar-refractivity contribution in [1.82, 2.24) is 4.98 Å². The molecule has 1 heterocycles. The van der Waals surface area contributed by atoms with Gasteiger partial charge in [-0.05, 0) is 32.4 Å². The Bertz CT molecular complexity index is 366. The lowest BCUT2D eigenvalue weighted by atomic mass is 10.2. The lowest BCUT2D eigenvalue weighted by Gasteiger charge is -2.28. The molecule has 0 radical (unpaired) electrons. The summed E-state index contributed by atoms with van der Waals surface area (Å²) in [5.41, 5.74) is 0.0965. The highest BCUT2D eigenvalue weighted by molar-refractivity contribution is 5.85. The van der Waals surface area contributed by atoms with Crippen LogP contribution in [0.1, 0.15) is 37.7 Å². The highest BCUT2D eigenvalue weighted by Gasteiger charge is 2.14. The van der Waals surface area contributed by atoms with Crippen LogP contribution in [-0.4, -0.2) is 28.6 Å². The minimum absolute atomic E-state index is 0.0965. The maximum atomic E-state index is 10.8. The quantitative estimate of drug-likeness (QED) is 0.831. The number of hydrogen-bond acceptors (Lipinski definition) is 3. The lowest BCUT2D eigenvalue weighted by Crippen LogP contribution is -2.33. The Hall–Kier alpha value is -1.58. The molecule has 16 heavy (non-hydrogen) atoms.